The second-order valence-corrected chi connectivity index (χ2v) is 5.56. The van der Waals surface area contributed by atoms with Crippen LogP contribution in [0.3, 0.4) is 0 Å². The monoisotopic (exact) mass is 282 g/mol. The van der Waals surface area contributed by atoms with Crippen molar-refractivity contribution < 1.29 is 9.84 Å². The van der Waals surface area contributed by atoms with E-state index in [1.165, 1.54) is 0 Å². The number of nitrogens with one attached hydrogen (secondary N) is 1. The van der Waals surface area contributed by atoms with Crippen molar-refractivity contribution in [3.8, 4) is 0 Å². The van der Waals surface area contributed by atoms with E-state index in [4.69, 9.17) is 4.74 Å². The number of likely N-dealkylation sites (N-methyl/N-ethyl adjacent to an activating group) is 1. The van der Waals surface area contributed by atoms with Crippen LogP contribution in [0.2, 0.25) is 0 Å². The Kier molecular flexibility index (Phi) is 6.16. The van der Waals surface area contributed by atoms with Crippen LogP contribution in [-0.4, -0.2) is 47.9 Å². The molecule has 1 aromatic rings. The highest BCUT2D eigenvalue weighted by molar-refractivity contribution is 5.49. The normalized spacial score (nSPS) is 11.5. The summed E-state index contributed by atoms with van der Waals surface area (Å²) in [4.78, 5) is 10.8. The van der Waals surface area contributed by atoms with E-state index < -0.39 is 5.60 Å². The maximum absolute atomic E-state index is 9.91. The Morgan fingerprint density at radius 1 is 1.40 bits per heavy atom. The van der Waals surface area contributed by atoms with Gasteiger partial charge in [0.1, 0.15) is 18.2 Å². The highest BCUT2D eigenvalue weighted by atomic mass is 16.5. The Hall–Kier alpha value is -1.40. The number of aliphatic hydroxyl groups is 1. The summed E-state index contributed by atoms with van der Waals surface area (Å²) < 4.78 is 5.10. The quantitative estimate of drug-likeness (QED) is 0.755. The number of ether oxygens (including phenoxy) is 1. The molecule has 0 aromatic carbocycles. The first kappa shape index (κ1) is 16.7. The SMILES string of the molecule is CCCNc1cc(N(C)CC(C)(C)O)nc(COC)n1. The molecule has 0 bridgehead atoms. The Morgan fingerprint density at radius 2 is 2.10 bits per heavy atom. The van der Waals surface area contributed by atoms with Gasteiger partial charge in [-0.2, -0.15) is 0 Å². The van der Waals surface area contributed by atoms with Gasteiger partial charge in [0.05, 0.1) is 5.60 Å². The van der Waals surface area contributed by atoms with Gasteiger partial charge in [-0.05, 0) is 20.3 Å². The third-order valence-electron chi connectivity index (χ3n) is 2.60. The summed E-state index contributed by atoms with van der Waals surface area (Å²) in [6.45, 7) is 7.37. The van der Waals surface area contributed by atoms with E-state index in [0.717, 1.165) is 24.6 Å². The van der Waals surface area contributed by atoms with Crippen molar-refractivity contribution in [2.24, 2.45) is 0 Å². The molecule has 6 nitrogen and oxygen atoms in total. The zero-order chi connectivity index (χ0) is 15.2. The first-order chi connectivity index (χ1) is 9.35. The van der Waals surface area contributed by atoms with Crippen LogP contribution >= 0.6 is 0 Å². The van der Waals surface area contributed by atoms with Crippen molar-refractivity contribution in [2.75, 3.05) is 37.5 Å². The first-order valence-corrected chi connectivity index (χ1v) is 6.90. The summed E-state index contributed by atoms with van der Waals surface area (Å²) >= 11 is 0. The molecule has 6 heteroatoms. The van der Waals surface area contributed by atoms with Crippen molar-refractivity contribution in [2.45, 2.75) is 39.4 Å². The molecule has 0 unspecified atom stereocenters. The molecular weight excluding hydrogens is 256 g/mol. The molecule has 0 atom stereocenters. The summed E-state index contributed by atoms with van der Waals surface area (Å²) in [6.07, 6.45) is 1.03. The molecule has 1 rings (SSSR count). The highest BCUT2D eigenvalue weighted by Gasteiger charge is 2.17. The van der Waals surface area contributed by atoms with Gasteiger partial charge in [-0.25, -0.2) is 9.97 Å². The minimum Gasteiger partial charge on any atom is -0.389 e. The lowest BCUT2D eigenvalue weighted by Crippen LogP contribution is -2.36. The maximum atomic E-state index is 9.91. The van der Waals surface area contributed by atoms with Gasteiger partial charge < -0.3 is 20.1 Å². The van der Waals surface area contributed by atoms with Crippen molar-refractivity contribution in [3.63, 3.8) is 0 Å². The number of aromatic nitrogens is 2. The summed E-state index contributed by atoms with van der Waals surface area (Å²) in [5.74, 6) is 2.19. The Bertz CT molecular complexity index is 418. The van der Waals surface area contributed by atoms with Gasteiger partial charge in [-0.3, -0.25) is 0 Å². The average Bonchev–Trinajstić information content (AvgIpc) is 2.34. The number of hydrogen-bond acceptors (Lipinski definition) is 6. The van der Waals surface area contributed by atoms with Crippen LogP contribution in [0.25, 0.3) is 0 Å². The van der Waals surface area contributed by atoms with Gasteiger partial charge in [0.15, 0.2) is 5.82 Å². The number of hydrogen-bond donors (Lipinski definition) is 2. The molecule has 0 radical (unpaired) electrons. The molecule has 0 fully saturated rings. The van der Waals surface area contributed by atoms with E-state index in [2.05, 4.69) is 22.2 Å². The zero-order valence-electron chi connectivity index (χ0n) is 13.1. The van der Waals surface area contributed by atoms with Crippen LogP contribution in [-0.2, 0) is 11.3 Å². The third-order valence-corrected chi connectivity index (χ3v) is 2.60. The standard InChI is InChI=1S/C14H26N4O2/c1-6-7-15-11-8-13(17-12(16-11)9-20-5)18(4)10-14(2,3)19/h8,19H,6-7,9-10H2,1-5H3,(H,15,16,17). The molecular formula is C14H26N4O2. The minimum atomic E-state index is -0.780. The van der Waals surface area contributed by atoms with Crippen LogP contribution in [0, 0.1) is 0 Å². The van der Waals surface area contributed by atoms with E-state index in [-0.39, 0.29) is 0 Å². The smallest absolute Gasteiger partial charge is 0.158 e. The summed E-state index contributed by atoms with van der Waals surface area (Å²) in [6, 6.07) is 1.89. The molecule has 1 heterocycles. The fourth-order valence-electron chi connectivity index (χ4n) is 1.88. The fourth-order valence-corrected chi connectivity index (χ4v) is 1.88. The van der Waals surface area contributed by atoms with Gasteiger partial charge >= 0.3 is 0 Å². The highest BCUT2D eigenvalue weighted by Crippen LogP contribution is 2.17. The van der Waals surface area contributed by atoms with Crippen LogP contribution in [0.1, 0.15) is 33.0 Å². The van der Waals surface area contributed by atoms with E-state index in [1.807, 2.05) is 18.0 Å². The van der Waals surface area contributed by atoms with Crippen molar-refractivity contribution in [1.82, 2.24) is 9.97 Å². The number of rotatable bonds is 8. The molecule has 0 amide bonds. The van der Waals surface area contributed by atoms with Gasteiger partial charge in [0.25, 0.3) is 0 Å². The molecule has 0 aliphatic rings. The molecule has 0 aliphatic heterocycles. The zero-order valence-corrected chi connectivity index (χ0v) is 13.1. The lowest BCUT2D eigenvalue weighted by atomic mass is 10.1. The molecule has 20 heavy (non-hydrogen) atoms. The summed E-state index contributed by atoms with van der Waals surface area (Å²) in [7, 11) is 3.52. The molecule has 0 saturated heterocycles. The summed E-state index contributed by atoms with van der Waals surface area (Å²) in [5.41, 5.74) is -0.780. The number of anilines is 2. The molecule has 114 valence electrons. The van der Waals surface area contributed by atoms with Crippen molar-refractivity contribution in [1.29, 1.82) is 0 Å². The van der Waals surface area contributed by atoms with E-state index in [0.29, 0.717) is 19.0 Å². The Morgan fingerprint density at radius 3 is 2.65 bits per heavy atom. The molecule has 2 N–H and O–H groups in total. The molecule has 1 aromatic heterocycles. The van der Waals surface area contributed by atoms with E-state index in [9.17, 15) is 5.11 Å². The fraction of sp³-hybridized carbons (Fsp3) is 0.714. The number of methoxy groups -OCH3 is 1. The maximum Gasteiger partial charge on any atom is 0.158 e. The van der Waals surface area contributed by atoms with Crippen molar-refractivity contribution in [3.05, 3.63) is 11.9 Å². The number of nitrogens with zero attached hydrogens (tertiary/aromatic N) is 3. The minimum absolute atomic E-state index is 0.366. The van der Waals surface area contributed by atoms with E-state index >= 15 is 0 Å². The van der Waals surface area contributed by atoms with Gasteiger partial charge in [-0.1, -0.05) is 6.92 Å². The molecule has 0 saturated carbocycles. The second-order valence-electron chi connectivity index (χ2n) is 5.56. The predicted octanol–water partition coefficient (Wildman–Crippen LogP) is 1.65. The third kappa shape index (κ3) is 5.71. The summed E-state index contributed by atoms with van der Waals surface area (Å²) in [5, 5.41) is 13.2. The average molecular weight is 282 g/mol. The Labute approximate surface area is 121 Å². The second kappa shape index (κ2) is 7.40. The van der Waals surface area contributed by atoms with Gasteiger partial charge in [-0.15, -0.1) is 0 Å². The lowest BCUT2D eigenvalue weighted by Gasteiger charge is -2.26. The largest absolute Gasteiger partial charge is 0.389 e. The molecule has 0 spiro atoms. The predicted molar refractivity (Wildman–Crippen MR) is 81.1 cm³/mol. The lowest BCUT2D eigenvalue weighted by molar-refractivity contribution is 0.0884. The van der Waals surface area contributed by atoms with Gasteiger partial charge in [0.2, 0.25) is 0 Å². The van der Waals surface area contributed by atoms with Crippen molar-refractivity contribution >= 4 is 11.6 Å². The van der Waals surface area contributed by atoms with Crippen LogP contribution in [0.5, 0.6) is 0 Å². The molecule has 0 aliphatic carbocycles. The van der Waals surface area contributed by atoms with E-state index in [1.54, 1.807) is 21.0 Å². The van der Waals surface area contributed by atoms with Crippen LogP contribution < -0.4 is 10.2 Å². The Balaban J connectivity index is 2.95. The van der Waals surface area contributed by atoms with Crippen LogP contribution in [0.15, 0.2) is 6.07 Å². The first-order valence-electron chi connectivity index (χ1n) is 6.90. The van der Waals surface area contributed by atoms with Crippen LogP contribution in [0.4, 0.5) is 11.6 Å². The van der Waals surface area contributed by atoms with Gasteiger partial charge in [0, 0.05) is 33.3 Å². The topological polar surface area (TPSA) is 70.5 Å².